The lowest BCUT2D eigenvalue weighted by atomic mass is 9.89. The maximum absolute atomic E-state index is 5.55. The van der Waals surface area contributed by atoms with E-state index in [0.717, 1.165) is 23.9 Å². The van der Waals surface area contributed by atoms with Crippen LogP contribution < -0.4 is 5.32 Å². The molecule has 1 saturated carbocycles. The molecule has 0 radical (unpaired) electrons. The van der Waals surface area contributed by atoms with Crippen LogP contribution in [-0.2, 0) is 4.74 Å². The van der Waals surface area contributed by atoms with Crippen LogP contribution in [-0.4, -0.2) is 18.8 Å². The monoisotopic (exact) mass is 283 g/mol. The van der Waals surface area contributed by atoms with Crippen molar-refractivity contribution < 1.29 is 4.74 Å². The molecule has 2 rings (SSSR count). The molecule has 1 fully saturated rings. The molecule has 16 heavy (non-hydrogen) atoms. The average Bonchev–Trinajstić information content (AvgIpc) is 2.20. The minimum atomic E-state index is 0.468. The van der Waals surface area contributed by atoms with Gasteiger partial charge in [-0.15, -0.1) is 0 Å². The van der Waals surface area contributed by atoms with Crippen molar-refractivity contribution in [2.45, 2.75) is 38.8 Å². The number of nitrogens with one attached hydrogen (secondary N) is 1. The van der Waals surface area contributed by atoms with E-state index in [1.54, 1.807) is 0 Å². The third-order valence-corrected chi connectivity index (χ3v) is 3.55. The highest BCUT2D eigenvalue weighted by molar-refractivity contribution is 9.10. The number of halogens is 1. The van der Waals surface area contributed by atoms with Crippen molar-refractivity contribution in [1.82, 2.24) is 0 Å². The third kappa shape index (κ3) is 2.77. The van der Waals surface area contributed by atoms with Gasteiger partial charge in [-0.25, -0.2) is 0 Å². The molecular weight excluding hydrogens is 266 g/mol. The summed E-state index contributed by atoms with van der Waals surface area (Å²) in [5.74, 6) is 0. The minimum absolute atomic E-state index is 0.468. The van der Waals surface area contributed by atoms with Gasteiger partial charge in [-0.3, -0.25) is 0 Å². The van der Waals surface area contributed by atoms with Crippen LogP contribution >= 0.6 is 15.9 Å². The molecule has 1 aromatic carbocycles. The summed E-state index contributed by atoms with van der Waals surface area (Å²) in [6.45, 7) is 5.01. The van der Waals surface area contributed by atoms with Crippen LogP contribution in [0.15, 0.2) is 22.7 Å². The predicted molar refractivity (Wildman–Crippen MR) is 70.9 cm³/mol. The van der Waals surface area contributed by atoms with Gasteiger partial charge in [-0.05, 0) is 44.4 Å². The Kier molecular flexibility index (Phi) is 3.87. The first kappa shape index (κ1) is 11.9. The standard InChI is InChI=1S/C13H18BrNO/c1-3-16-12-7-11(8-12)15-13-6-10(14)5-4-9(13)2/h4-6,11-12,15H,3,7-8H2,1-2H3. The van der Waals surface area contributed by atoms with Crippen LogP contribution in [0, 0.1) is 6.92 Å². The molecule has 0 aromatic heterocycles. The summed E-state index contributed by atoms with van der Waals surface area (Å²) in [7, 11) is 0. The zero-order chi connectivity index (χ0) is 11.5. The van der Waals surface area contributed by atoms with Crippen molar-refractivity contribution in [3.63, 3.8) is 0 Å². The van der Waals surface area contributed by atoms with Gasteiger partial charge in [-0.2, -0.15) is 0 Å². The van der Waals surface area contributed by atoms with Gasteiger partial charge in [0.15, 0.2) is 0 Å². The summed E-state index contributed by atoms with van der Waals surface area (Å²) >= 11 is 3.50. The van der Waals surface area contributed by atoms with Crippen LogP contribution in [0.3, 0.4) is 0 Å². The lowest BCUT2D eigenvalue weighted by Crippen LogP contribution is -2.40. The molecule has 0 atom stereocenters. The molecule has 1 N–H and O–H groups in total. The van der Waals surface area contributed by atoms with Crippen LogP contribution in [0.2, 0.25) is 0 Å². The predicted octanol–water partition coefficient (Wildman–Crippen LogP) is 3.74. The second-order valence-corrected chi connectivity index (χ2v) is 5.26. The SMILES string of the molecule is CCOC1CC(Nc2cc(Br)ccc2C)C1. The number of anilines is 1. The lowest BCUT2D eigenvalue weighted by molar-refractivity contribution is 0.00298. The summed E-state index contributed by atoms with van der Waals surface area (Å²) in [6.07, 6.45) is 2.72. The van der Waals surface area contributed by atoms with Gasteiger partial charge in [0.25, 0.3) is 0 Å². The maximum Gasteiger partial charge on any atom is 0.0614 e. The highest BCUT2D eigenvalue weighted by atomic mass is 79.9. The maximum atomic E-state index is 5.55. The highest BCUT2D eigenvalue weighted by Crippen LogP contribution is 2.29. The van der Waals surface area contributed by atoms with Crippen molar-refractivity contribution >= 4 is 21.6 Å². The fourth-order valence-corrected chi connectivity index (χ4v) is 2.39. The molecule has 1 aliphatic carbocycles. The summed E-state index contributed by atoms with van der Waals surface area (Å²) in [5, 5.41) is 3.57. The van der Waals surface area contributed by atoms with Gasteiger partial charge in [0.1, 0.15) is 0 Å². The van der Waals surface area contributed by atoms with Gasteiger partial charge in [0.05, 0.1) is 6.10 Å². The Balaban J connectivity index is 1.89. The Morgan fingerprint density at radius 3 is 2.88 bits per heavy atom. The molecular formula is C13H18BrNO. The highest BCUT2D eigenvalue weighted by Gasteiger charge is 2.29. The van der Waals surface area contributed by atoms with E-state index in [2.05, 4.69) is 53.3 Å². The number of ether oxygens (including phenoxy) is 1. The van der Waals surface area contributed by atoms with E-state index >= 15 is 0 Å². The number of aryl methyl sites for hydroxylation is 1. The molecule has 88 valence electrons. The van der Waals surface area contributed by atoms with Crippen molar-refractivity contribution in [2.75, 3.05) is 11.9 Å². The normalized spacial score (nSPS) is 23.9. The lowest BCUT2D eigenvalue weighted by Gasteiger charge is -2.36. The quantitative estimate of drug-likeness (QED) is 0.909. The summed E-state index contributed by atoms with van der Waals surface area (Å²) in [6, 6.07) is 6.92. The van der Waals surface area contributed by atoms with Crippen molar-refractivity contribution in [2.24, 2.45) is 0 Å². The summed E-state index contributed by atoms with van der Waals surface area (Å²) < 4.78 is 6.68. The molecule has 0 unspecified atom stereocenters. The van der Waals surface area contributed by atoms with Crippen LogP contribution in [0.5, 0.6) is 0 Å². The topological polar surface area (TPSA) is 21.3 Å². The Morgan fingerprint density at radius 2 is 2.19 bits per heavy atom. The molecule has 0 saturated heterocycles. The second kappa shape index (κ2) is 5.19. The minimum Gasteiger partial charge on any atom is -0.382 e. The first-order valence-corrected chi connectivity index (χ1v) is 6.62. The smallest absolute Gasteiger partial charge is 0.0614 e. The molecule has 1 aromatic rings. The molecule has 2 nitrogen and oxygen atoms in total. The molecule has 0 amide bonds. The Morgan fingerprint density at radius 1 is 1.44 bits per heavy atom. The van der Waals surface area contributed by atoms with E-state index < -0.39 is 0 Å². The van der Waals surface area contributed by atoms with Gasteiger partial charge in [0.2, 0.25) is 0 Å². The van der Waals surface area contributed by atoms with Crippen LogP contribution in [0.4, 0.5) is 5.69 Å². The number of rotatable bonds is 4. The largest absolute Gasteiger partial charge is 0.382 e. The van der Waals surface area contributed by atoms with E-state index in [1.807, 2.05) is 0 Å². The van der Waals surface area contributed by atoms with Crippen molar-refractivity contribution in [1.29, 1.82) is 0 Å². The van der Waals surface area contributed by atoms with E-state index in [-0.39, 0.29) is 0 Å². The molecule has 0 bridgehead atoms. The van der Waals surface area contributed by atoms with Gasteiger partial charge >= 0.3 is 0 Å². The Bertz CT molecular complexity index is 361. The van der Waals surface area contributed by atoms with Gasteiger partial charge in [-0.1, -0.05) is 22.0 Å². The number of benzene rings is 1. The zero-order valence-corrected chi connectivity index (χ0v) is 11.4. The number of hydrogen-bond donors (Lipinski definition) is 1. The molecule has 3 heteroatoms. The van der Waals surface area contributed by atoms with Gasteiger partial charge in [0, 0.05) is 22.8 Å². The number of hydrogen-bond acceptors (Lipinski definition) is 2. The molecule has 0 spiro atoms. The van der Waals surface area contributed by atoms with Crippen molar-refractivity contribution in [3.05, 3.63) is 28.2 Å². The first-order valence-electron chi connectivity index (χ1n) is 5.83. The average molecular weight is 284 g/mol. The molecule has 0 heterocycles. The zero-order valence-electron chi connectivity index (χ0n) is 9.79. The fraction of sp³-hybridized carbons (Fsp3) is 0.538. The summed E-state index contributed by atoms with van der Waals surface area (Å²) in [5.41, 5.74) is 2.53. The van der Waals surface area contributed by atoms with Crippen molar-refractivity contribution in [3.8, 4) is 0 Å². The third-order valence-electron chi connectivity index (χ3n) is 3.06. The van der Waals surface area contributed by atoms with Gasteiger partial charge < -0.3 is 10.1 Å². The molecule has 1 aliphatic rings. The van der Waals surface area contributed by atoms with E-state index in [9.17, 15) is 0 Å². The first-order chi connectivity index (χ1) is 7.69. The van der Waals surface area contributed by atoms with E-state index in [1.165, 1.54) is 11.3 Å². The molecule has 0 aliphatic heterocycles. The van der Waals surface area contributed by atoms with E-state index in [4.69, 9.17) is 4.74 Å². The Labute approximate surface area is 106 Å². The Hall–Kier alpha value is -0.540. The van der Waals surface area contributed by atoms with E-state index in [0.29, 0.717) is 12.1 Å². The fourth-order valence-electron chi connectivity index (χ4n) is 2.02. The summed E-state index contributed by atoms with van der Waals surface area (Å²) in [4.78, 5) is 0. The van der Waals surface area contributed by atoms with Crippen LogP contribution in [0.25, 0.3) is 0 Å². The van der Waals surface area contributed by atoms with Crippen LogP contribution in [0.1, 0.15) is 25.3 Å². The second-order valence-electron chi connectivity index (χ2n) is 4.35.